The largest absolute Gasteiger partial charge is 0.492 e. The number of fused-ring (bicyclic) bond motifs is 3. The average Bonchev–Trinajstić information content (AvgIpc) is 3.19. The van der Waals surface area contributed by atoms with Crippen molar-refractivity contribution in [3.05, 3.63) is 88.3 Å². The van der Waals surface area contributed by atoms with Gasteiger partial charge in [-0.25, -0.2) is 18.9 Å². The van der Waals surface area contributed by atoms with E-state index in [-0.39, 0.29) is 18.1 Å². The van der Waals surface area contributed by atoms with Gasteiger partial charge in [0.1, 0.15) is 18.0 Å². The Bertz CT molecular complexity index is 1650. The van der Waals surface area contributed by atoms with Gasteiger partial charge in [0.05, 0.1) is 23.3 Å². The summed E-state index contributed by atoms with van der Waals surface area (Å²) in [5.74, 6) is 0.935. The highest BCUT2D eigenvalue weighted by atomic mass is 16.5. The number of nitrogens with one attached hydrogen (secondary N) is 1. The molecule has 0 fully saturated rings. The molecule has 5 rings (SSSR count). The first-order valence-electron chi connectivity index (χ1n) is 11.6. The number of hydrogen-bond acceptors (Lipinski definition) is 6. The van der Waals surface area contributed by atoms with Crippen LogP contribution in [0.3, 0.4) is 0 Å². The monoisotopic (exact) mass is 483 g/mol. The summed E-state index contributed by atoms with van der Waals surface area (Å²) in [6.45, 7) is 5.98. The standard InChI is InChI=1S/C27H25N5O4/c1-4-35-23-14-8-6-12-20(23)28-24(33)16-31-27(34)32-21-13-7-5-11-19(21)29-26(25(32)30-31)36-22-15-9-10-17(2)18(22)3/h5-15H,4,16H2,1-3H3,(H,28,33). The van der Waals surface area contributed by atoms with Crippen molar-refractivity contribution in [2.75, 3.05) is 11.9 Å². The molecular weight excluding hydrogens is 458 g/mol. The van der Waals surface area contributed by atoms with E-state index in [1.54, 1.807) is 30.3 Å². The number of para-hydroxylation sites is 4. The third-order valence-electron chi connectivity index (χ3n) is 5.89. The first-order chi connectivity index (χ1) is 17.5. The van der Waals surface area contributed by atoms with Gasteiger partial charge in [0.15, 0.2) is 0 Å². The van der Waals surface area contributed by atoms with Gasteiger partial charge >= 0.3 is 5.69 Å². The van der Waals surface area contributed by atoms with Crippen molar-refractivity contribution < 1.29 is 14.3 Å². The van der Waals surface area contributed by atoms with Gasteiger partial charge in [-0.2, -0.15) is 0 Å². The summed E-state index contributed by atoms with van der Waals surface area (Å²) in [5, 5.41) is 7.24. The molecule has 9 nitrogen and oxygen atoms in total. The lowest BCUT2D eigenvalue weighted by Gasteiger charge is -2.11. The van der Waals surface area contributed by atoms with Crippen LogP contribution >= 0.6 is 0 Å². The molecule has 0 saturated carbocycles. The summed E-state index contributed by atoms with van der Waals surface area (Å²) in [6.07, 6.45) is 0. The molecule has 0 spiro atoms. The van der Waals surface area contributed by atoms with Gasteiger partial charge < -0.3 is 14.8 Å². The molecule has 2 heterocycles. The lowest BCUT2D eigenvalue weighted by molar-refractivity contribution is -0.117. The van der Waals surface area contributed by atoms with Crippen LogP contribution in [0.5, 0.6) is 17.4 Å². The van der Waals surface area contributed by atoms with E-state index in [0.717, 1.165) is 15.8 Å². The number of ether oxygens (including phenoxy) is 2. The lowest BCUT2D eigenvalue weighted by atomic mass is 10.1. The number of carbonyl (C=O) groups excluding carboxylic acids is 1. The number of nitrogens with zero attached hydrogens (tertiary/aromatic N) is 4. The second-order valence-corrected chi connectivity index (χ2v) is 8.28. The van der Waals surface area contributed by atoms with Gasteiger partial charge in [0, 0.05) is 0 Å². The van der Waals surface area contributed by atoms with Crippen LogP contribution in [0.25, 0.3) is 16.7 Å². The zero-order valence-electron chi connectivity index (χ0n) is 20.2. The van der Waals surface area contributed by atoms with E-state index in [0.29, 0.717) is 34.8 Å². The van der Waals surface area contributed by atoms with Crippen molar-refractivity contribution in [1.29, 1.82) is 0 Å². The second-order valence-electron chi connectivity index (χ2n) is 8.28. The number of amides is 1. The Labute approximate surface area is 206 Å². The summed E-state index contributed by atoms with van der Waals surface area (Å²) in [4.78, 5) is 30.9. The van der Waals surface area contributed by atoms with Crippen LogP contribution in [0.2, 0.25) is 0 Å². The third-order valence-corrected chi connectivity index (χ3v) is 5.89. The summed E-state index contributed by atoms with van der Waals surface area (Å²) < 4.78 is 14.3. The molecule has 0 bridgehead atoms. The lowest BCUT2D eigenvalue weighted by Crippen LogP contribution is -2.28. The maximum Gasteiger partial charge on any atom is 0.351 e. The number of anilines is 1. The molecule has 0 aliphatic rings. The fourth-order valence-corrected chi connectivity index (χ4v) is 3.96. The summed E-state index contributed by atoms with van der Waals surface area (Å²) >= 11 is 0. The van der Waals surface area contributed by atoms with Gasteiger partial charge in [0.25, 0.3) is 5.88 Å². The molecule has 0 unspecified atom stereocenters. The first-order valence-corrected chi connectivity index (χ1v) is 11.6. The van der Waals surface area contributed by atoms with Crippen molar-refractivity contribution in [2.45, 2.75) is 27.3 Å². The Hall–Kier alpha value is -4.66. The van der Waals surface area contributed by atoms with E-state index < -0.39 is 11.6 Å². The highest BCUT2D eigenvalue weighted by Crippen LogP contribution is 2.29. The molecule has 1 N–H and O–H groups in total. The normalized spacial score (nSPS) is 11.1. The molecule has 9 heteroatoms. The minimum Gasteiger partial charge on any atom is -0.492 e. The van der Waals surface area contributed by atoms with Crippen molar-refractivity contribution in [1.82, 2.24) is 19.2 Å². The number of aryl methyl sites for hydroxylation is 1. The van der Waals surface area contributed by atoms with Gasteiger partial charge in [0.2, 0.25) is 11.6 Å². The Morgan fingerprint density at radius 3 is 2.56 bits per heavy atom. The zero-order chi connectivity index (χ0) is 25.2. The van der Waals surface area contributed by atoms with Crippen LogP contribution in [-0.2, 0) is 11.3 Å². The predicted molar refractivity (Wildman–Crippen MR) is 137 cm³/mol. The van der Waals surface area contributed by atoms with E-state index >= 15 is 0 Å². The Morgan fingerprint density at radius 1 is 0.972 bits per heavy atom. The highest BCUT2D eigenvalue weighted by molar-refractivity contribution is 5.92. The van der Waals surface area contributed by atoms with Gasteiger partial charge in [-0.3, -0.25) is 4.79 Å². The van der Waals surface area contributed by atoms with E-state index in [4.69, 9.17) is 9.47 Å². The minimum atomic E-state index is -0.470. The van der Waals surface area contributed by atoms with Crippen LogP contribution in [0.15, 0.2) is 71.5 Å². The Balaban J connectivity index is 1.55. The SMILES string of the molecule is CCOc1ccccc1NC(=O)Cn1nc2c(Oc3cccc(C)c3C)nc3ccccc3n2c1=O. The van der Waals surface area contributed by atoms with Crippen LogP contribution in [0, 0.1) is 13.8 Å². The minimum absolute atomic E-state index is 0.181. The maximum absolute atomic E-state index is 13.4. The Morgan fingerprint density at radius 2 is 1.72 bits per heavy atom. The first kappa shape index (κ1) is 23.1. The molecule has 0 radical (unpaired) electrons. The van der Waals surface area contributed by atoms with Gasteiger partial charge in [-0.05, 0) is 62.2 Å². The number of rotatable bonds is 7. The number of hydrogen-bond donors (Lipinski definition) is 1. The van der Waals surface area contributed by atoms with Gasteiger partial charge in [-0.15, -0.1) is 5.10 Å². The quantitative estimate of drug-likeness (QED) is 0.366. The maximum atomic E-state index is 13.4. The summed E-state index contributed by atoms with van der Waals surface area (Å²) in [7, 11) is 0. The van der Waals surface area contributed by atoms with E-state index in [1.807, 2.05) is 57.2 Å². The molecule has 36 heavy (non-hydrogen) atoms. The molecule has 5 aromatic rings. The molecule has 0 saturated heterocycles. The topological polar surface area (TPSA) is 99.8 Å². The molecule has 3 aromatic carbocycles. The molecule has 182 valence electrons. The fraction of sp³-hybridized carbons (Fsp3) is 0.185. The third kappa shape index (κ3) is 4.26. The van der Waals surface area contributed by atoms with Gasteiger partial charge in [-0.1, -0.05) is 36.4 Å². The predicted octanol–water partition coefficient (Wildman–Crippen LogP) is 4.49. The van der Waals surface area contributed by atoms with Crippen LogP contribution in [-0.4, -0.2) is 31.7 Å². The molecule has 0 aliphatic heterocycles. The van der Waals surface area contributed by atoms with Crippen LogP contribution < -0.4 is 20.5 Å². The molecule has 1 amide bonds. The van der Waals surface area contributed by atoms with Crippen LogP contribution in [0.4, 0.5) is 5.69 Å². The van der Waals surface area contributed by atoms with E-state index in [9.17, 15) is 9.59 Å². The number of carbonyl (C=O) groups is 1. The van der Waals surface area contributed by atoms with Crippen molar-refractivity contribution in [3.63, 3.8) is 0 Å². The molecule has 0 atom stereocenters. The molecule has 2 aromatic heterocycles. The highest BCUT2D eigenvalue weighted by Gasteiger charge is 2.20. The van der Waals surface area contributed by atoms with E-state index in [1.165, 1.54) is 4.40 Å². The molecule has 0 aliphatic carbocycles. The smallest absolute Gasteiger partial charge is 0.351 e. The summed E-state index contributed by atoms with van der Waals surface area (Å²) in [5.41, 5.74) is 3.44. The van der Waals surface area contributed by atoms with Crippen molar-refractivity contribution in [2.24, 2.45) is 0 Å². The second kappa shape index (κ2) is 9.53. The van der Waals surface area contributed by atoms with Crippen molar-refractivity contribution in [3.8, 4) is 17.4 Å². The van der Waals surface area contributed by atoms with Crippen molar-refractivity contribution >= 4 is 28.3 Å². The number of aromatic nitrogens is 4. The zero-order valence-corrected chi connectivity index (χ0v) is 20.2. The van der Waals surface area contributed by atoms with Crippen LogP contribution in [0.1, 0.15) is 18.1 Å². The molecular formula is C27H25N5O4. The number of benzene rings is 3. The average molecular weight is 484 g/mol. The fourth-order valence-electron chi connectivity index (χ4n) is 3.96. The Kier molecular flexibility index (Phi) is 6.12. The van der Waals surface area contributed by atoms with E-state index in [2.05, 4.69) is 15.4 Å². The summed E-state index contributed by atoms with van der Waals surface area (Å²) in [6, 6.07) is 20.1.